The maximum atomic E-state index is 3.67. The third kappa shape index (κ3) is 3.95. The Morgan fingerprint density at radius 3 is 2.84 bits per heavy atom. The Morgan fingerprint density at radius 1 is 1.32 bits per heavy atom. The SMILES string of the molecule is CCc1ccccc1N1CCCNC(CN(C)C)C1. The van der Waals surface area contributed by atoms with E-state index < -0.39 is 0 Å². The second-order valence-corrected chi connectivity index (χ2v) is 5.70. The number of rotatable bonds is 4. The Balaban J connectivity index is 2.13. The third-order valence-corrected chi connectivity index (χ3v) is 3.78. The van der Waals surface area contributed by atoms with Crippen LogP contribution in [0.1, 0.15) is 18.9 Å². The van der Waals surface area contributed by atoms with Crippen molar-refractivity contribution in [1.82, 2.24) is 10.2 Å². The number of nitrogens with one attached hydrogen (secondary N) is 1. The van der Waals surface area contributed by atoms with Crippen molar-refractivity contribution >= 4 is 5.69 Å². The number of anilines is 1. The molecular weight excluding hydrogens is 234 g/mol. The van der Waals surface area contributed by atoms with Crippen LogP contribution in [0.5, 0.6) is 0 Å². The van der Waals surface area contributed by atoms with Crippen molar-refractivity contribution in [3.63, 3.8) is 0 Å². The standard InChI is InChI=1S/C16H27N3/c1-4-14-8-5-6-9-16(14)19-11-7-10-17-15(13-19)12-18(2)3/h5-6,8-9,15,17H,4,7,10-13H2,1-3H3. The lowest BCUT2D eigenvalue weighted by atomic mass is 10.1. The van der Waals surface area contributed by atoms with Crippen LogP contribution in [0, 0.1) is 0 Å². The van der Waals surface area contributed by atoms with E-state index in [1.54, 1.807) is 0 Å². The molecule has 0 aromatic heterocycles. The fraction of sp³-hybridized carbons (Fsp3) is 0.625. The van der Waals surface area contributed by atoms with E-state index in [-0.39, 0.29) is 0 Å². The predicted molar refractivity (Wildman–Crippen MR) is 83.0 cm³/mol. The molecule has 2 rings (SSSR count). The highest BCUT2D eigenvalue weighted by molar-refractivity contribution is 5.54. The molecule has 19 heavy (non-hydrogen) atoms. The minimum Gasteiger partial charge on any atom is -0.370 e. The minimum atomic E-state index is 0.558. The molecular formula is C16H27N3. The Bertz CT molecular complexity index is 389. The lowest BCUT2D eigenvalue weighted by molar-refractivity contribution is 0.346. The van der Waals surface area contributed by atoms with Gasteiger partial charge in [0.1, 0.15) is 0 Å². The highest BCUT2D eigenvalue weighted by atomic mass is 15.2. The van der Waals surface area contributed by atoms with Gasteiger partial charge in [-0.15, -0.1) is 0 Å². The van der Waals surface area contributed by atoms with Gasteiger partial charge in [-0.1, -0.05) is 25.1 Å². The number of likely N-dealkylation sites (N-methyl/N-ethyl adjacent to an activating group) is 1. The number of benzene rings is 1. The zero-order chi connectivity index (χ0) is 13.7. The fourth-order valence-corrected chi connectivity index (χ4v) is 2.90. The second kappa shape index (κ2) is 6.92. The molecule has 0 aliphatic carbocycles. The van der Waals surface area contributed by atoms with Crippen molar-refractivity contribution in [3.8, 4) is 0 Å². The molecule has 0 spiro atoms. The van der Waals surface area contributed by atoms with Crippen LogP contribution >= 0.6 is 0 Å². The van der Waals surface area contributed by atoms with E-state index in [0.29, 0.717) is 6.04 Å². The molecule has 1 aromatic rings. The lowest BCUT2D eigenvalue weighted by Gasteiger charge is -2.29. The van der Waals surface area contributed by atoms with Gasteiger partial charge in [-0.2, -0.15) is 0 Å². The van der Waals surface area contributed by atoms with E-state index in [1.807, 2.05) is 0 Å². The summed E-state index contributed by atoms with van der Waals surface area (Å²) in [6, 6.07) is 9.40. The second-order valence-electron chi connectivity index (χ2n) is 5.70. The summed E-state index contributed by atoms with van der Waals surface area (Å²) in [6.45, 7) is 6.74. The fourth-order valence-electron chi connectivity index (χ4n) is 2.90. The smallest absolute Gasteiger partial charge is 0.0399 e. The molecule has 1 unspecified atom stereocenters. The van der Waals surface area contributed by atoms with E-state index >= 15 is 0 Å². The molecule has 1 fully saturated rings. The van der Waals surface area contributed by atoms with Gasteiger partial charge in [-0.25, -0.2) is 0 Å². The third-order valence-electron chi connectivity index (χ3n) is 3.78. The van der Waals surface area contributed by atoms with E-state index in [4.69, 9.17) is 0 Å². The first kappa shape index (κ1) is 14.4. The maximum Gasteiger partial charge on any atom is 0.0399 e. The van der Waals surface area contributed by atoms with Crippen LogP contribution in [0.25, 0.3) is 0 Å². The van der Waals surface area contributed by atoms with E-state index in [0.717, 1.165) is 32.6 Å². The normalized spacial score (nSPS) is 20.6. The minimum absolute atomic E-state index is 0.558. The van der Waals surface area contributed by atoms with Crippen LogP contribution in [0.15, 0.2) is 24.3 Å². The van der Waals surface area contributed by atoms with Gasteiger partial charge in [0, 0.05) is 31.4 Å². The number of hydrogen-bond acceptors (Lipinski definition) is 3. The molecule has 1 saturated heterocycles. The summed E-state index contributed by atoms with van der Waals surface area (Å²) in [5.41, 5.74) is 2.89. The van der Waals surface area contributed by atoms with Crippen molar-refractivity contribution < 1.29 is 0 Å². The first-order valence-corrected chi connectivity index (χ1v) is 7.41. The summed E-state index contributed by atoms with van der Waals surface area (Å²) in [7, 11) is 4.30. The molecule has 0 bridgehead atoms. The molecule has 106 valence electrons. The average Bonchev–Trinajstić information content (AvgIpc) is 2.63. The zero-order valence-electron chi connectivity index (χ0n) is 12.5. The molecule has 1 aromatic carbocycles. The summed E-state index contributed by atoms with van der Waals surface area (Å²) in [5, 5.41) is 3.67. The predicted octanol–water partition coefficient (Wildman–Crippen LogP) is 1.98. The number of nitrogens with zero attached hydrogens (tertiary/aromatic N) is 2. The van der Waals surface area contributed by atoms with Gasteiger partial charge in [0.2, 0.25) is 0 Å². The molecule has 3 heteroatoms. The Hall–Kier alpha value is -1.06. The van der Waals surface area contributed by atoms with E-state index in [2.05, 4.69) is 60.4 Å². The first-order valence-electron chi connectivity index (χ1n) is 7.41. The van der Waals surface area contributed by atoms with Crippen molar-refractivity contribution in [2.75, 3.05) is 45.2 Å². The van der Waals surface area contributed by atoms with Crippen molar-refractivity contribution in [3.05, 3.63) is 29.8 Å². The molecule has 1 N–H and O–H groups in total. The van der Waals surface area contributed by atoms with Crippen LogP contribution in [0.3, 0.4) is 0 Å². The van der Waals surface area contributed by atoms with Gasteiger partial charge in [-0.05, 0) is 45.1 Å². The van der Waals surface area contributed by atoms with Crippen LogP contribution in [0.2, 0.25) is 0 Å². The van der Waals surface area contributed by atoms with Gasteiger partial charge >= 0.3 is 0 Å². The van der Waals surface area contributed by atoms with Gasteiger partial charge in [0.05, 0.1) is 0 Å². The van der Waals surface area contributed by atoms with Crippen LogP contribution in [-0.2, 0) is 6.42 Å². The monoisotopic (exact) mass is 261 g/mol. The highest BCUT2D eigenvalue weighted by Crippen LogP contribution is 2.22. The summed E-state index contributed by atoms with van der Waals surface area (Å²) < 4.78 is 0. The van der Waals surface area contributed by atoms with Gasteiger partial charge in [-0.3, -0.25) is 0 Å². The number of para-hydroxylation sites is 1. The quantitative estimate of drug-likeness (QED) is 0.894. The molecule has 0 radical (unpaired) electrons. The molecule has 3 nitrogen and oxygen atoms in total. The first-order chi connectivity index (χ1) is 9.20. The van der Waals surface area contributed by atoms with Crippen LogP contribution < -0.4 is 10.2 Å². The molecule has 1 aliphatic heterocycles. The van der Waals surface area contributed by atoms with Crippen LogP contribution in [0.4, 0.5) is 5.69 Å². The molecule has 1 aliphatic rings. The van der Waals surface area contributed by atoms with Gasteiger partial charge in [0.25, 0.3) is 0 Å². The van der Waals surface area contributed by atoms with Crippen LogP contribution in [-0.4, -0.2) is 51.2 Å². The molecule has 0 saturated carbocycles. The van der Waals surface area contributed by atoms with Crippen molar-refractivity contribution in [2.45, 2.75) is 25.8 Å². The maximum absolute atomic E-state index is 3.67. The van der Waals surface area contributed by atoms with Crippen molar-refractivity contribution in [2.24, 2.45) is 0 Å². The lowest BCUT2D eigenvalue weighted by Crippen LogP contribution is -2.44. The topological polar surface area (TPSA) is 18.5 Å². The summed E-state index contributed by atoms with van der Waals surface area (Å²) in [6.07, 6.45) is 2.33. The Labute approximate surface area is 117 Å². The molecule has 0 amide bonds. The van der Waals surface area contributed by atoms with E-state index in [1.165, 1.54) is 17.7 Å². The number of aryl methyl sites for hydroxylation is 1. The van der Waals surface area contributed by atoms with Gasteiger partial charge in [0.15, 0.2) is 0 Å². The Kier molecular flexibility index (Phi) is 5.23. The highest BCUT2D eigenvalue weighted by Gasteiger charge is 2.19. The van der Waals surface area contributed by atoms with Crippen molar-refractivity contribution in [1.29, 1.82) is 0 Å². The molecule has 1 heterocycles. The summed E-state index contributed by atoms with van der Waals surface area (Å²) in [5.74, 6) is 0. The summed E-state index contributed by atoms with van der Waals surface area (Å²) >= 11 is 0. The van der Waals surface area contributed by atoms with Gasteiger partial charge < -0.3 is 15.1 Å². The number of hydrogen-bond donors (Lipinski definition) is 1. The largest absolute Gasteiger partial charge is 0.370 e. The molecule has 1 atom stereocenters. The Morgan fingerprint density at radius 2 is 2.11 bits per heavy atom. The summed E-state index contributed by atoms with van der Waals surface area (Å²) in [4.78, 5) is 4.83. The zero-order valence-corrected chi connectivity index (χ0v) is 12.5. The average molecular weight is 261 g/mol. The van der Waals surface area contributed by atoms with E-state index in [9.17, 15) is 0 Å².